The minimum atomic E-state index is 0.0901. The molecule has 0 unspecified atom stereocenters. The Morgan fingerprint density at radius 2 is 2.10 bits per heavy atom. The summed E-state index contributed by atoms with van der Waals surface area (Å²) in [7, 11) is 0. The Morgan fingerprint density at radius 1 is 1.19 bits per heavy atom. The SMILES string of the molecule is CCOc1cncc(-c2nc(N)nc(-n3cncn3)n2)c1. The van der Waals surface area contributed by atoms with Crippen LogP contribution in [0.3, 0.4) is 0 Å². The van der Waals surface area contributed by atoms with Crippen molar-refractivity contribution in [2.24, 2.45) is 0 Å². The van der Waals surface area contributed by atoms with Gasteiger partial charge in [0.25, 0.3) is 5.95 Å². The zero-order chi connectivity index (χ0) is 14.7. The van der Waals surface area contributed by atoms with Crippen LogP contribution < -0.4 is 10.5 Å². The lowest BCUT2D eigenvalue weighted by molar-refractivity contribution is 0.339. The molecule has 0 bridgehead atoms. The van der Waals surface area contributed by atoms with Crippen molar-refractivity contribution in [2.45, 2.75) is 6.92 Å². The van der Waals surface area contributed by atoms with Crippen LogP contribution in [-0.2, 0) is 0 Å². The van der Waals surface area contributed by atoms with Gasteiger partial charge < -0.3 is 10.5 Å². The molecule has 3 aromatic heterocycles. The molecule has 0 aromatic carbocycles. The minimum absolute atomic E-state index is 0.0901. The lowest BCUT2D eigenvalue weighted by Crippen LogP contribution is -2.08. The molecule has 0 saturated heterocycles. The fraction of sp³-hybridized carbons (Fsp3) is 0.167. The third-order valence-electron chi connectivity index (χ3n) is 2.55. The summed E-state index contributed by atoms with van der Waals surface area (Å²) < 4.78 is 6.81. The molecule has 0 aliphatic rings. The van der Waals surface area contributed by atoms with Gasteiger partial charge in [0, 0.05) is 11.8 Å². The number of rotatable bonds is 4. The number of ether oxygens (including phenoxy) is 1. The summed E-state index contributed by atoms with van der Waals surface area (Å²) in [4.78, 5) is 20.4. The van der Waals surface area contributed by atoms with E-state index < -0.39 is 0 Å². The zero-order valence-electron chi connectivity index (χ0n) is 11.2. The van der Waals surface area contributed by atoms with Gasteiger partial charge in [-0.3, -0.25) is 4.98 Å². The van der Waals surface area contributed by atoms with Crippen LogP contribution in [0.1, 0.15) is 6.92 Å². The second-order valence-electron chi connectivity index (χ2n) is 4.00. The predicted octanol–water partition coefficient (Wildman–Crippen LogP) is 0.495. The average Bonchev–Trinajstić information content (AvgIpc) is 3.01. The molecule has 0 radical (unpaired) electrons. The Bertz CT molecular complexity index is 743. The van der Waals surface area contributed by atoms with E-state index in [0.29, 0.717) is 23.7 Å². The first kappa shape index (κ1) is 12.9. The molecule has 21 heavy (non-hydrogen) atoms. The van der Waals surface area contributed by atoms with Crippen molar-refractivity contribution >= 4 is 5.95 Å². The van der Waals surface area contributed by atoms with Crippen LogP contribution in [0, 0.1) is 0 Å². The molecule has 0 aliphatic heterocycles. The van der Waals surface area contributed by atoms with E-state index in [1.54, 1.807) is 18.5 Å². The van der Waals surface area contributed by atoms with Crippen LogP contribution in [0.4, 0.5) is 5.95 Å². The molecular formula is C12H12N8O. The van der Waals surface area contributed by atoms with Crippen molar-refractivity contribution in [3.8, 4) is 23.1 Å². The van der Waals surface area contributed by atoms with E-state index in [1.165, 1.54) is 17.3 Å². The summed E-state index contributed by atoms with van der Waals surface area (Å²) in [5, 5.41) is 3.97. The number of aromatic nitrogens is 7. The molecule has 3 rings (SSSR count). The van der Waals surface area contributed by atoms with E-state index >= 15 is 0 Å². The quantitative estimate of drug-likeness (QED) is 0.735. The summed E-state index contributed by atoms with van der Waals surface area (Å²) in [6.07, 6.45) is 6.11. The van der Waals surface area contributed by atoms with Gasteiger partial charge in [0.05, 0.1) is 12.8 Å². The second kappa shape index (κ2) is 5.49. The van der Waals surface area contributed by atoms with Crippen molar-refractivity contribution in [3.05, 3.63) is 31.1 Å². The minimum Gasteiger partial charge on any atom is -0.492 e. The Hall–Kier alpha value is -3.10. The van der Waals surface area contributed by atoms with Crippen molar-refractivity contribution in [3.63, 3.8) is 0 Å². The molecule has 0 spiro atoms. The van der Waals surface area contributed by atoms with E-state index in [9.17, 15) is 0 Å². The topological polar surface area (TPSA) is 118 Å². The highest BCUT2D eigenvalue weighted by atomic mass is 16.5. The van der Waals surface area contributed by atoms with Gasteiger partial charge in [-0.1, -0.05) is 0 Å². The second-order valence-corrected chi connectivity index (χ2v) is 4.00. The third kappa shape index (κ3) is 2.76. The maximum absolute atomic E-state index is 5.72. The molecule has 0 amide bonds. The summed E-state index contributed by atoms with van der Waals surface area (Å²) in [6.45, 7) is 2.45. The van der Waals surface area contributed by atoms with Crippen molar-refractivity contribution in [1.29, 1.82) is 0 Å². The van der Waals surface area contributed by atoms with Gasteiger partial charge in [-0.25, -0.2) is 4.98 Å². The Morgan fingerprint density at radius 3 is 2.86 bits per heavy atom. The van der Waals surface area contributed by atoms with Crippen LogP contribution in [0.5, 0.6) is 5.75 Å². The molecule has 9 heteroatoms. The van der Waals surface area contributed by atoms with E-state index in [0.717, 1.165) is 0 Å². The first-order valence-electron chi connectivity index (χ1n) is 6.21. The van der Waals surface area contributed by atoms with E-state index in [-0.39, 0.29) is 11.9 Å². The van der Waals surface area contributed by atoms with Crippen molar-refractivity contribution in [2.75, 3.05) is 12.3 Å². The summed E-state index contributed by atoms with van der Waals surface area (Å²) in [5.74, 6) is 1.41. The molecular weight excluding hydrogens is 272 g/mol. The highest BCUT2D eigenvalue weighted by Gasteiger charge is 2.10. The van der Waals surface area contributed by atoms with Gasteiger partial charge in [0.15, 0.2) is 5.82 Å². The number of nitrogens with zero attached hydrogens (tertiary/aromatic N) is 7. The summed E-state index contributed by atoms with van der Waals surface area (Å²) in [6, 6.07) is 1.79. The number of anilines is 1. The highest BCUT2D eigenvalue weighted by Crippen LogP contribution is 2.20. The first-order valence-corrected chi connectivity index (χ1v) is 6.21. The number of nitrogens with two attached hydrogens (primary N) is 1. The van der Waals surface area contributed by atoms with Crippen molar-refractivity contribution < 1.29 is 4.74 Å². The average molecular weight is 284 g/mol. The smallest absolute Gasteiger partial charge is 0.257 e. The summed E-state index contributed by atoms with van der Waals surface area (Å²) in [5.41, 5.74) is 6.40. The largest absolute Gasteiger partial charge is 0.492 e. The Kier molecular flexibility index (Phi) is 3.37. The first-order chi connectivity index (χ1) is 10.3. The lowest BCUT2D eigenvalue weighted by Gasteiger charge is -2.06. The van der Waals surface area contributed by atoms with E-state index in [4.69, 9.17) is 10.5 Å². The van der Waals surface area contributed by atoms with Crippen LogP contribution in [0.25, 0.3) is 17.3 Å². The monoisotopic (exact) mass is 284 g/mol. The normalized spacial score (nSPS) is 10.5. The third-order valence-corrected chi connectivity index (χ3v) is 2.55. The van der Waals surface area contributed by atoms with Gasteiger partial charge in [-0.05, 0) is 13.0 Å². The number of pyridine rings is 1. The fourth-order valence-corrected chi connectivity index (χ4v) is 1.71. The molecule has 106 valence electrons. The van der Waals surface area contributed by atoms with Gasteiger partial charge >= 0.3 is 0 Å². The van der Waals surface area contributed by atoms with Crippen LogP contribution in [0.2, 0.25) is 0 Å². The van der Waals surface area contributed by atoms with Gasteiger partial charge in [-0.15, -0.1) is 0 Å². The van der Waals surface area contributed by atoms with Crippen LogP contribution >= 0.6 is 0 Å². The fourth-order valence-electron chi connectivity index (χ4n) is 1.71. The van der Waals surface area contributed by atoms with E-state index in [2.05, 4.69) is 30.0 Å². The predicted molar refractivity (Wildman–Crippen MR) is 73.6 cm³/mol. The maximum Gasteiger partial charge on any atom is 0.257 e. The van der Waals surface area contributed by atoms with Gasteiger partial charge in [0.2, 0.25) is 5.95 Å². The van der Waals surface area contributed by atoms with Gasteiger partial charge in [-0.2, -0.15) is 24.7 Å². The number of hydrogen-bond donors (Lipinski definition) is 1. The highest BCUT2D eigenvalue weighted by molar-refractivity contribution is 5.57. The molecule has 0 atom stereocenters. The number of hydrogen-bond acceptors (Lipinski definition) is 8. The van der Waals surface area contributed by atoms with Crippen molar-refractivity contribution in [1.82, 2.24) is 34.7 Å². The molecule has 3 aromatic rings. The molecule has 9 nitrogen and oxygen atoms in total. The van der Waals surface area contributed by atoms with E-state index in [1.807, 2.05) is 6.92 Å². The lowest BCUT2D eigenvalue weighted by atomic mass is 10.2. The Balaban J connectivity index is 2.04. The molecule has 0 aliphatic carbocycles. The van der Waals surface area contributed by atoms with Gasteiger partial charge in [0.1, 0.15) is 18.4 Å². The molecule has 3 heterocycles. The number of nitrogen functional groups attached to an aromatic ring is 1. The summed E-state index contributed by atoms with van der Waals surface area (Å²) >= 11 is 0. The van der Waals surface area contributed by atoms with Crippen LogP contribution in [-0.4, -0.2) is 41.3 Å². The Labute approximate surface area is 119 Å². The zero-order valence-corrected chi connectivity index (χ0v) is 11.2. The molecule has 0 saturated carbocycles. The van der Waals surface area contributed by atoms with Crippen LogP contribution in [0.15, 0.2) is 31.1 Å². The molecule has 2 N–H and O–H groups in total. The standard InChI is InChI=1S/C12H12N8O/c1-2-21-9-3-8(4-14-5-9)10-17-11(13)19-12(18-10)20-7-15-6-16-20/h3-7H,2H2,1H3,(H2,13,17,18,19). The molecule has 0 fully saturated rings. The maximum atomic E-state index is 5.72.